The smallest absolute Gasteiger partial charge is 0.148 e. The average Bonchev–Trinajstić information content (AvgIpc) is 3.62. The van der Waals surface area contributed by atoms with Gasteiger partial charge in [0.15, 0.2) is 0 Å². The summed E-state index contributed by atoms with van der Waals surface area (Å²) >= 11 is 0. The summed E-state index contributed by atoms with van der Waals surface area (Å²) in [5.41, 5.74) is 13.4. The summed E-state index contributed by atoms with van der Waals surface area (Å²) in [6, 6.07) is 47.2. The van der Waals surface area contributed by atoms with Gasteiger partial charge in [-0.3, -0.25) is 9.55 Å². The van der Waals surface area contributed by atoms with Crippen LogP contribution in [0.4, 0.5) is 0 Å². The maximum atomic E-state index is 11.4. The molecule has 0 aliphatic carbocycles. The molecule has 0 radical (unpaired) electrons. The van der Waals surface area contributed by atoms with Gasteiger partial charge in [-0.1, -0.05) is 157 Å². The second-order valence-corrected chi connectivity index (χ2v) is 17.4. The number of pyridine rings is 1. The molecule has 0 saturated heterocycles. The van der Waals surface area contributed by atoms with Crippen molar-refractivity contribution in [3.63, 3.8) is 0 Å². The molecule has 1 N–H and O–H groups in total. The molecule has 2 heterocycles. The number of aryl methyl sites for hydroxylation is 1. The number of phenolic OH excluding ortho intramolecular Hbond substituents is 1. The molecule has 4 nitrogen and oxygen atoms in total. The van der Waals surface area contributed by atoms with Crippen molar-refractivity contribution in [2.45, 2.75) is 79.0 Å². The predicted molar refractivity (Wildman–Crippen MR) is 243 cm³/mol. The quantitative estimate of drug-likeness (QED) is 0.162. The number of imidazole rings is 1. The molecule has 0 aliphatic rings. The van der Waals surface area contributed by atoms with Crippen LogP contribution in [0.1, 0.15) is 89.0 Å². The second-order valence-electron chi connectivity index (χ2n) is 17.4. The van der Waals surface area contributed by atoms with Gasteiger partial charge in [-0.25, -0.2) is 4.98 Å². The standard InChI is InChI=1S/C54H52N3O.Pt/c1-34(2)46-33-41(25-26-43(46)44-15-10-12-18-47(44)54(7,8)9)57-49-19-14-17-42(51(49)56-52(57)45-16-11-13-20-50(45)58)38-29-39(31-40(30-38)53(4,5)6)48-32-37(27-28-55-48)36-23-21-35(3)22-24-36;/h10-28,30-34,58H,1-9H3;/q-1;/i3D3,34D;. The zero-order valence-corrected chi connectivity index (χ0v) is 37.2. The van der Waals surface area contributed by atoms with Crippen LogP contribution in [0.2, 0.25) is 0 Å². The molecule has 8 rings (SSSR count). The zero-order chi connectivity index (χ0) is 44.4. The van der Waals surface area contributed by atoms with E-state index in [1.807, 2.05) is 62.4 Å². The molecule has 0 amide bonds. The number of aromatic hydroxyl groups is 1. The van der Waals surface area contributed by atoms with E-state index in [-0.39, 0.29) is 37.6 Å². The van der Waals surface area contributed by atoms with Gasteiger partial charge in [0.1, 0.15) is 11.6 Å². The Hall–Kier alpha value is -5.57. The molecule has 6 aromatic carbocycles. The first-order valence-corrected chi connectivity index (χ1v) is 19.9. The van der Waals surface area contributed by atoms with Crippen molar-refractivity contribution in [1.29, 1.82) is 0 Å². The monoisotopic (exact) mass is 957 g/mol. The van der Waals surface area contributed by atoms with Crippen molar-refractivity contribution in [1.82, 2.24) is 14.5 Å². The van der Waals surface area contributed by atoms with Gasteiger partial charge in [0, 0.05) is 44.1 Å². The number of rotatable bonds is 7. The third-order valence-electron chi connectivity index (χ3n) is 10.9. The summed E-state index contributed by atoms with van der Waals surface area (Å²) in [5.74, 6) is -0.253. The van der Waals surface area contributed by atoms with Crippen molar-refractivity contribution in [3.05, 3.63) is 168 Å². The van der Waals surface area contributed by atoms with Gasteiger partial charge in [-0.15, -0.1) is 29.3 Å². The molecule has 0 atom stereocenters. The maximum absolute atomic E-state index is 11.4. The van der Waals surface area contributed by atoms with Crippen LogP contribution >= 0.6 is 0 Å². The first-order valence-electron chi connectivity index (χ1n) is 21.9. The van der Waals surface area contributed by atoms with E-state index in [9.17, 15) is 6.48 Å². The maximum Gasteiger partial charge on any atom is 0.148 e. The summed E-state index contributed by atoms with van der Waals surface area (Å²) in [6.45, 7) is 14.9. The minimum atomic E-state index is -2.17. The van der Waals surface area contributed by atoms with Crippen molar-refractivity contribution in [2.24, 2.45) is 0 Å². The molecule has 59 heavy (non-hydrogen) atoms. The molecule has 5 heteroatoms. The van der Waals surface area contributed by atoms with Crippen LogP contribution in [0.5, 0.6) is 5.75 Å². The van der Waals surface area contributed by atoms with E-state index in [1.165, 1.54) is 5.56 Å². The van der Waals surface area contributed by atoms with E-state index in [4.69, 9.17) is 14.1 Å². The summed E-state index contributed by atoms with van der Waals surface area (Å²) in [4.78, 5) is 10.2. The van der Waals surface area contributed by atoms with Gasteiger partial charge in [-0.05, 0) is 93.4 Å². The minimum absolute atomic E-state index is 0. The summed E-state index contributed by atoms with van der Waals surface area (Å²) < 4.78 is 34.9. The van der Waals surface area contributed by atoms with E-state index in [0.717, 1.165) is 72.5 Å². The number of benzene rings is 6. The average molecular weight is 958 g/mol. The van der Waals surface area contributed by atoms with Crippen LogP contribution < -0.4 is 0 Å². The topological polar surface area (TPSA) is 50.9 Å². The molecule has 0 unspecified atom stereocenters. The Balaban J connectivity index is 0.00000595. The fourth-order valence-electron chi connectivity index (χ4n) is 7.82. The minimum Gasteiger partial charge on any atom is -0.507 e. The van der Waals surface area contributed by atoms with Crippen molar-refractivity contribution in [3.8, 4) is 67.5 Å². The zero-order valence-electron chi connectivity index (χ0n) is 38.9. The Morgan fingerprint density at radius 1 is 0.678 bits per heavy atom. The van der Waals surface area contributed by atoms with Crippen LogP contribution in [-0.2, 0) is 31.9 Å². The molecule has 0 fully saturated rings. The molecule has 8 aromatic rings. The number of nitrogens with zero attached hydrogens (tertiary/aromatic N) is 3. The number of para-hydroxylation sites is 2. The van der Waals surface area contributed by atoms with Crippen molar-refractivity contribution >= 4 is 11.0 Å². The van der Waals surface area contributed by atoms with Crippen LogP contribution in [-0.4, -0.2) is 19.6 Å². The Morgan fingerprint density at radius 2 is 1.37 bits per heavy atom. The van der Waals surface area contributed by atoms with E-state index < -0.39 is 12.7 Å². The Bertz CT molecular complexity index is 2970. The van der Waals surface area contributed by atoms with Crippen LogP contribution in [0, 0.1) is 12.9 Å². The molecular weight excluding hydrogens is 902 g/mol. The first kappa shape index (κ1) is 36.5. The Morgan fingerprint density at radius 3 is 2.07 bits per heavy atom. The second kappa shape index (κ2) is 16.2. The largest absolute Gasteiger partial charge is 0.507 e. The normalized spacial score (nSPS) is 13.3. The fourth-order valence-corrected chi connectivity index (χ4v) is 7.82. The van der Waals surface area contributed by atoms with Gasteiger partial charge in [0.25, 0.3) is 0 Å². The van der Waals surface area contributed by atoms with Crippen LogP contribution in [0.25, 0.3) is 72.7 Å². The van der Waals surface area contributed by atoms with E-state index >= 15 is 0 Å². The third kappa shape index (κ3) is 8.21. The molecule has 300 valence electrons. The Kier molecular flexibility index (Phi) is 10.0. The summed E-state index contributed by atoms with van der Waals surface area (Å²) in [6.07, 6.45) is 1.78. The molecule has 0 bridgehead atoms. The van der Waals surface area contributed by atoms with Gasteiger partial charge < -0.3 is 5.11 Å². The summed E-state index contributed by atoms with van der Waals surface area (Å²) in [7, 11) is 0. The van der Waals surface area contributed by atoms with E-state index in [0.29, 0.717) is 17.0 Å². The van der Waals surface area contributed by atoms with Gasteiger partial charge in [0.2, 0.25) is 0 Å². The first-order chi connectivity index (χ1) is 29.2. The molecule has 0 spiro atoms. The number of phenols is 1. The number of hydrogen-bond donors (Lipinski definition) is 1. The van der Waals surface area contributed by atoms with Gasteiger partial charge in [-0.2, -0.15) is 0 Å². The number of fused-ring (bicyclic) bond motifs is 1. The molecular formula is C54H52N3OPt-. The van der Waals surface area contributed by atoms with Crippen LogP contribution in [0.15, 0.2) is 140 Å². The number of hydrogen-bond acceptors (Lipinski definition) is 3. The SMILES string of the molecule is [2H]C([2H])([2H])c1ccc(-c2ccnc(-c3[c-]c(-c4cccc5c4nc(-c4ccccc4O)n5-c4ccc(-c5ccccc5C(C)(C)C)c(C([2H])(C)C)c4)cc(C(C)(C)C)c3)c2)cc1.[Pt]. The third-order valence-corrected chi connectivity index (χ3v) is 10.9. The van der Waals surface area contributed by atoms with Gasteiger partial charge in [0.05, 0.1) is 16.6 Å². The predicted octanol–water partition coefficient (Wildman–Crippen LogP) is 14.3. The number of aromatic nitrogens is 3. The van der Waals surface area contributed by atoms with Crippen molar-refractivity contribution < 1.29 is 31.7 Å². The molecule has 0 aliphatic heterocycles. The fraction of sp³-hybridized carbons (Fsp3) is 0.222. The summed E-state index contributed by atoms with van der Waals surface area (Å²) in [5, 5.41) is 11.4. The van der Waals surface area contributed by atoms with Gasteiger partial charge >= 0.3 is 0 Å². The van der Waals surface area contributed by atoms with E-state index in [2.05, 4.69) is 119 Å². The van der Waals surface area contributed by atoms with Crippen LogP contribution in [0.3, 0.4) is 0 Å². The Labute approximate surface area is 369 Å². The molecule has 2 aromatic heterocycles. The van der Waals surface area contributed by atoms with Crippen molar-refractivity contribution in [2.75, 3.05) is 0 Å². The van der Waals surface area contributed by atoms with E-state index in [1.54, 1.807) is 24.4 Å². The molecule has 0 saturated carbocycles.